The molecule has 0 nitrogen and oxygen atoms in total. The highest BCUT2D eigenvalue weighted by Gasteiger charge is 2.65. The van der Waals surface area contributed by atoms with Crippen molar-refractivity contribution in [2.75, 3.05) is 0 Å². The molecule has 3 aliphatic rings. The second-order valence-electron chi connectivity index (χ2n) is 6.22. The van der Waals surface area contributed by atoms with E-state index >= 15 is 0 Å². The van der Waals surface area contributed by atoms with Crippen LogP contribution in [-0.2, 0) is 21.8 Å². The van der Waals surface area contributed by atoms with Gasteiger partial charge in [-0.05, 0) is 30.7 Å². The molecule has 3 heterocycles. The molecule has 2 bridgehead atoms. The lowest BCUT2D eigenvalue weighted by atomic mass is 10.1. The van der Waals surface area contributed by atoms with E-state index in [9.17, 15) is 0 Å². The Bertz CT molecular complexity index is 629. The molecule has 0 amide bonds. The average molecular weight is 315 g/mol. The molecule has 2 heteroatoms. The summed E-state index contributed by atoms with van der Waals surface area (Å²) in [5.41, 5.74) is 0. The predicted octanol–water partition coefficient (Wildman–Crippen LogP) is 4.89. The number of hydrogen-bond donors (Lipinski definition) is 0. The van der Waals surface area contributed by atoms with Crippen LogP contribution in [0.15, 0.2) is 68.1 Å². The van der Waals surface area contributed by atoms with Gasteiger partial charge in [-0.25, -0.2) is 0 Å². The van der Waals surface area contributed by atoms with Gasteiger partial charge >= 0.3 is 0 Å². The Kier molecular flexibility index (Phi) is 3.35. The monoisotopic (exact) mass is 314 g/mol. The first-order chi connectivity index (χ1) is 10.2. The Balaban J connectivity index is 2.01. The molecule has 0 unspecified atom stereocenters. The first kappa shape index (κ1) is 13.8. The third-order valence-electron chi connectivity index (χ3n) is 4.65. The number of hydrogen-bond acceptors (Lipinski definition) is 0. The highest BCUT2D eigenvalue weighted by molar-refractivity contribution is 8.06. The first-order valence-corrected chi connectivity index (χ1v) is 10.5. The summed E-state index contributed by atoms with van der Waals surface area (Å²) in [5.74, 6) is 0.759. The van der Waals surface area contributed by atoms with Crippen LogP contribution in [0.4, 0.5) is 0 Å². The Morgan fingerprint density at radius 2 is 1.24 bits per heavy atom. The number of benzene rings is 2. The molecule has 0 saturated heterocycles. The summed E-state index contributed by atoms with van der Waals surface area (Å²) in [6.45, 7) is 7.25. The second kappa shape index (κ2) is 5.10. The lowest BCUT2D eigenvalue weighted by Gasteiger charge is -2.37. The van der Waals surface area contributed by atoms with E-state index in [0.29, 0.717) is 0 Å². The van der Waals surface area contributed by atoms with Crippen molar-refractivity contribution in [3.05, 3.63) is 48.5 Å². The van der Waals surface area contributed by atoms with Crippen LogP contribution in [0.25, 0.3) is 0 Å². The zero-order valence-electron chi connectivity index (χ0n) is 12.9. The Morgan fingerprint density at radius 1 is 0.810 bits per heavy atom. The van der Waals surface area contributed by atoms with Crippen LogP contribution >= 0.6 is 0 Å². The maximum atomic E-state index is 2.43. The van der Waals surface area contributed by atoms with E-state index in [2.05, 4.69) is 69.3 Å². The first-order valence-electron chi connectivity index (χ1n) is 7.88. The molecule has 108 valence electrons. The summed E-state index contributed by atoms with van der Waals surface area (Å²) in [4.78, 5) is 6.57. The Morgan fingerprint density at radius 3 is 1.62 bits per heavy atom. The van der Waals surface area contributed by atoms with Crippen molar-refractivity contribution in [2.45, 2.75) is 57.3 Å². The minimum Gasteiger partial charge on any atom is -0.0604 e. The van der Waals surface area contributed by atoms with Gasteiger partial charge in [-0.1, -0.05) is 45.0 Å². The molecule has 0 radical (unpaired) electrons. The molecule has 0 saturated carbocycles. The lowest BCUT2D eigenvalue weighted by molar-refractivity contribution is 0.559. The SMILES string of the molecule is CC[C@@H]1[C@H](C(C)C)[S+]2c3ccccc3[S+]1c1ccccc12. The summed E-state index contributed by atoms with van der Waals surface area (Å²) in [7, 11) is 0.557. The normalized spacial score (nSPS) is 29.3. The summed E-state index contributed by atoms with van der Waals surface area (Å²) < 4.78 is 0. The topological polar surface area (TPSA) is 0 Å². The molecule has 2 aromatic rings. The van der Waals surface area contributed by atoms with E-state index in [1.54, 1.807) is 19.6 Å². The molecule has 0 fully saturated rings. The minimum absolute atomic E-state index is 0.274. The maximum Gasteiger partial charge on any atom is 0.216 e. The van der Waals surface area contributed by atoms with E-state index < -0.39 is 0 Å². The lowest BCUT2D eigenvalue weighted by Crippen LogP contribution is -2.51. The fraction of sp³-hybridized carbons (Fsp3) is 0.368. The molecule has 2 aromatic carbocycles. The van der Waals surface area contributed by atoms with E-state index in [1.165, 1.54) is 6.42 Å². The summed E-state index contributed by atoms with van der Waals surface area (Å²) in [5, 5.41) is 1.65. The van der Waals surface area contributed by atoms with E-state index in [-0.39, 0.29) is 21.8 Å². The largest absolute Gasteiger partial charge is 0.216 e. The summed E-state index contributed by atoms with van der Waals surface area (Å²) in [6, 6.07) is 18.5. The maximum absolute atomic E-state index is 2.43. The third-order valence-corrected chi connectivity index (χ3v) is 11.0. The smallest absolute Gasteiger partial charge is 0.0604 e. The van der Waals surface area contributed by atoms with Gasteiger partial charge < -0.3 is 0 Å². The van der Waals surface area contributed by atoms with Crippen LogP contribution in [0.3, 0.4) is 0 Å². The fourth-order valence-corrected chi connectivity index (χ4v) is 11.3. The highest BCUT2D eigenvalue weighted by Crippen LogP contribution is 2.54. The van der Waals surface area contributed by atoms with Crippen LogP contribution in [0.5, 0.6) is 0 Å². The van der Waals surface area contributed by atoms with Gasteiger partial charge in [-0.15, -0.1) is 0 Å². The quantitative estimate of drug-likeness (QED) is 0.692. The molecule has 0 N–H and O–H groups in total. The molecule has 0 aromatic heterocycles. The average Bonchev–Trinajstić information content (AvgIpc) is 2.53. The molecular formula is C19H22S2+2. The molecule has 3 aliphatic heterocycles. The van der Waals surface area contributed by atoms with E-state index in [0.717, 1.165) is 16.4 Å². The van der Waals surface area contributed by atoms with Gasteiger partial charge in [0.1, 0.15) is 0 Å². The van der Waals surface area contributed by atoms with Crippen molar-refractivity contribution in [3.8, 4) is 0 Å². The number of fused-ring (bicyclic) bond motifs is 1. The van der Waals surface area contributed by atoms with Crippen molar-refractivity contribution in [1.29, 1.82) is 0 Å². The molecule has 2 atom stereocenters. The van der Waals surface area contributed by atoms with Crippen LogP contribution in [0.2, 0.25) is 0 Å². The van der Waals surface area contributed by atoms with E-state index in [4.69, 9.17) is 0 Å². The number of rotatable bonds is 2. The molecule has 21 heavy (non-hydrogen) atoms. The summed E-state index contributed by atoms with van der Waals surface area (Å²) >= 11 is 0. The van der Waals surface area contributed by atoms with Crippen molar-refractivity contribution in [1.82, 2.24) is 0 Å². The predicted molar refractivity (Wildman–Crippen MR) is 93.4 cm³/mol. The van der Waals surface area contributed by atoms with Gasteiger partial charge in [0.2, 0.25) is 19.6 Å². The van der Waals surface area contributed by atoms with Crippen LogP contribution in [-0.4, -0.2) is 10.5 Å². The van der Waals surface area contributed by atoms with Crippen LogP contribution in [0.1, 0.15) is 27.2 Å². The Hall–Kier alpha value is -0.860. The molecule has 0 aliphatic carbocycles. The highest BCUT2D eigenvalue weighted by atomic mass is 32.2. The van der Waals surface area contributed by atoms with Gasteiger partial charge in [0, 0.05) is 5.92 Å². The molecule has 0 spiro atoms. The van der Waals surface area contributed by atoms with Crippen molar-refractivity contribution < 1.29 is 0 Å². The summed E-state index contributed by atoms with van der Waals surface area (Å²) in [6.07, 6.45) is 1.30. The third kappa shape index (κ3) is 1.85. The van der Waals surface area contributed by atoms with Crippen molar-refractivity contribution >= 4 is 21.8 Å². The van der Waals surface area contributed by atoms with Crippen molar-refractivity contribution in [2.24, 2.45) is 5.92 Å². The van der Waals surface area contributed by atoms with Crippen molar-refractivity contribution in [3.63, 3.8) is 0 Å². The fourth-order valence-electron chi connectivity index (χ4n) is 3.87. The van der Waals surface area contributed by atoms with Gasteiger partial charge in [-0.2, -0.15) is 0 Å². The molecular weight excluding hydrogens is 292 g/mol. The van der Waals surface area contributed by atoms with Crippen LogP contribution < -0.4 is 0 Å². The van der Waals surface area contributed by atoms with Gasteiger partial charge in [0.05, 0.1) is 21.8 Å². The van der Waals surface area contributed by atoms with Gasteiger partial charge in [0.25, 0.3) is 0 Å². The standard InChI is InChI=1S/C19H22S2/c1-4-14-19(13(2)3)21-17-11-7-5-9-15(17)20(14)16-10-6-8-12-18(16)21/h5-14,19H,4H2,1-3H3/q+2/t14-,19+,20?,21?/m1/s1. The van der Waals surface area contributed by atoms with Crippen LogP contribution in [0, 0.1) is 5.92 Å². The second-order valence-corrected chi connectivity index (χ2v) is 10.5. The zero-order valence-corrected chi connectivity index (χ0v) is 14.5. The molecule has 5 rings (SSSR count). The Labute approximate surface area is 133 Å². The van der Waals surface area contributed by atoms with E-state index in [1.807, 2.05) is 0 Å². The van der Waals surface area contributed by atoms with Gasteiger partial charge in [-0.3, -0.25) is 0 Å². The zero-order chi connectivity index (χ0) is 14.6. The van der Waals surface area contributed by atoms with Gasteiger partial charge in [0.15, 0.2) is 10.5 Å². The minimum atomic E-state index is 0.274.